The lowest BCUT2D eigenvalue weighted by Crippen LogP contribution is -2.03. The Labute approximate surface area is 125 Å². The number of hydrogen-bond donors (Lipinski definition) is 3. The molecule has 0 atom stereocenters. The molecule has 0 bridgehead atoms. The summed E-state index contributed by atoms with van der Waals surface area (Å²) >= 11 is 0. The number of aliphatic hydroxyl groups excluding tert-OH is 1. The number of ketones is 1. The molecule has 4 rings (SSSR count). The van der Waals surface area contributed by atoms with E-state index in [-0.39, 0.29) is 5.78 Å². The Kier molecular flexibility index (Phi) is 2.80. The van der Waals surface area contributed by atoms with Crippen LogP contribution in [0.2, 0.25) is 0 Å². The highest BCUT2D eigenvalue weighted by Crippen LogP contribution is 2.28. The van der Waals surface area contributed by atoms with Gasteiger partial charge in [-0.1, -0.05) is 18.2 Å². The SMILES string of the molecule is O=C(CO)c1ccc2nc(-c3c[nH]c4ccccc34)[nH]c2c1. The van der Waals surface area contributed by atoms with Gasteiger partial charge in [0.25, 0.3) is 0 Å². The zero-order valence-corrected chi connectivity index (χ0v) is 11.6. The van der Waals surface area contributed by atoms with E-state index < -0.39 is 6.61 Å². The third kappa shape index (κ3) is 1.91. The number of para-hydroxylation sites is 1. The van der Waals surface area contributed by atoms with Gasteiger partial charge in [0.05, 0.1) is 11.0 Å². The van der Waals surface area contributed by atoms with Crippen LogP contribution in [0.3, 0.4) is 0 Å². The van der Waals surface area contributed by atoms with Crippen LogP contribution in [0.1, 0.15) is 10.4 Å². The number of nitrogens with one attached hydrogen (secondary N) is 2. The molecule has 2 aromatic carbocycles. The van der Waals surface area contributed by atoms with Crippen LogP contribution < -0.4 is 0 Å². The highest BCUT2D eigenvalue weighted by atomic mass is 16.3. The number of imidazole rings is 1. The van der Waals surface area contributed by atoms with E-state index in [2.05, 4.69) is 15.0 Å². The first-order chi connectivity index (χ1) is 10.8. The Bertz CT molecular complexity index is 997. The molecule has 2 aromatic heterocycles. The number of aliphatic hydroxyl groups is 1. The van der Waals surface area contributed by atoms with Crippen molar-refractivity contribution < 1.29 is 9.90 Å². The Hall–Kier alpha value is -2.92. The normalized spacial score (nSPS) is 11.3. The minimum absolute atomic E-state index is 0.301. The minimum Gasteiger partial charge on any atom is -0.388 e. The van der Waals surface area contributed by atoms with E-state index in [0.29, 0.717) is 5.56 Å². The predicted molar refractivity (Wildman–Crippen MR) is 84.8 cm³/mol. The summed E-state index contributed by atoms with van der Waals surface area (Å²) in [5, 5.41) is 10.0. The number of carbonyl (C=O) groups excluding carboxylic acids is 1. The summed E-state index contributed by atoms with van der Waals surface area (Å²) in [5.41, 5.74) is 4.08. The fourth-order valence-electron chi connectivity index (χ4n) is 2.67. The van der Waals surface area contributed by atoms with Crippen LogP contribution in [-0.2, 0) is 0 Å². The van der Waals surface area contributed by atoms with Gasteiger partial charge in [-0.25, -0.2) is 4.98 Å². The average molecular weight is 291 g/mol. The van der Waals surface area contributed by atoms with Crippen LogP contribution in [-0.4, -0.2) is 32.4 Å². The van der Waals surface area contributed by atoms with Gasteiger partial charge in [0.15, 0.2) is 5.78 Å². The fraction of sp³-hybridized carbons (Fsp3) is 0.0588. The molecule has 0 aliphatic rings. The first-order valence-corrected chi connectivity index (χ1v) is 6.96. The average Bonchev–Trinajstić information content (AvgIpc) is 3.16. The van der Waals surface area contributed by atoms with Crippen LogP contribution in [0.25, 0.3) is 33.3 Å². The lowest BCUT2D eigenvalue weighted by molar-refractivity contribution is 0.0904. The quantitative estimate of drug-likeness (QED) is 0.508. The second kappa shape index (κ2) is 4.82. The number of benzene rings is 2. The number of hydrogen-bond acceptors (Lipinski definition) is 3. The second-order valence-corrected chi connectivity index (χ2v) is 5.15. The van der Waals surface area contributed by atoms with Crippen molar-refractivity contribution in [1.29, 1.82) is 0 Å². The summed E-state index contributed by atoms with van der Waals surface area (Å²) in [7, 11) is 0. The molecule has 0 saturated heterocycles. The fourth-order valence-corrected chi connectivity index (χ4v) is 2.67. The molecule has 0 aliphatic carbocycles. The summed E-state index contributed by atoms with van der Waals surface area (Å²) < 4.78 is 0. The van der Waals surface area contributed by atoms with E-state index in [0.717, 1.165) is 33.3 Å². The molecule has 0 spiro atoms. The molecule has 0 aliphatic heterocycles. The summed E-state index contributed by atoms with van der Waals surface area (Å²) in [6, 6.07) is 13.2. The van der Waals surface area contributed by atoms with Gasteiger partial charge >= 0.3 is 0 Å². The third-order valence-electron chi connectivity index (χ3n) is 3.79. The number of carbonyl (C=O) groups is 1. The van der Waals surface area contributed by atoms with E-state index in [1.54, 1.807) is 18.2 Å². The zero-order chi connectivity index (χ0) is 15.1. The van der Waals surface area contributed by atoms with Crippen molar-refractivity contribution in [2.24, 2.45) is 0 Å². The van der Waals surface area contributed by atoms with Gasteiger partial charge in [-0.15, -0.1) is 0 Å². The molecular formula is C17H13N3O2. The van der Waals surface area contributed by atoms with Gasteiger partial charge in [0.2, 0.25) is 0 Å². The largest absolute Gasteiger partial charge is 0.388 e. The van der Waals surface area contributed by atoms with Crippen LogP contribution in [0.5, 0.6) is 0 Å². The van der Waals surface area contributed by atoms with E-state index in [1.165, 1.54) is 0 Å². The number of fused-ring (bicyclic) bond motifs is 2. The van der Waals surface area contributed by atoms with Gasteiger partial charge in [0, 0.05) is 28.2 Å². The summed E-state index contributed by atoms with van der Waals surface area (Å²) in [6.45, 7) is -0.491. The molecule has 5 nitrogen and oxygen atoms in total. The third-order valence-corrected chi connectivity index (χ3v) is 3.79. The van der Waals surface area contributed by atoms with Crippen LogP contribution in [0.4, 0.5) is 0 Å². The van der Waals surface area contributed by atoms with Crippen LogP contribution >= 0.6 is 0 Å². The highest BCUT2D eigenvalue weighted by molar-refractivity contribution is 6.00. The maximum absolute atomic E-state index is 11.6. The maximum atomic E-state index is 11.6. The summed E-state index contributed by atoms with van der Waals surface area (Å²) in [6.07, 6.45) is 1.92. The number of aromatic nitrogens is 3. The maximum Gasteiger partial charge on any atom is 0.188 e. The van der Waals surface area contributed by atoms with Crippen molar-refractivity contribution in [2.45, 2.75) is 0 Å². The van der Waals surface area contributed by atoms with Crippen molar-refractivity contribution >= 4 is 27.7 Å². The van der Waals surface area contributed by atoms with Crippen molar-refractivity contribution in [3.8, 4) is 11.4 Å². The number of Topliss-reactive ketones (excluding diaryl/α,β-unsaturated/α-hetero) is 1. The standard InChI is InChI=1S/C17H13N3O2/c21-9-16(22)10-5-6-14-15(7-10)20-17(19-14)12-8-18-13-4-2-1-3-11(12)13/h1-8,18,21H,9H2,(H,19,20). The molecule has 108 valence electrons. The monoisotopic (exact) mass is 291 g/mol. The Balaban J connectivity index is 1.87. The lowest BCUT2D eigenvalue weighted by atomic mass is 10.1. The molecule has 0 radical (unpaired) electrons. The van der Waals surface area contributed by atoms with Gasteiger partial charge in [-0.05, 0) is 24.3 Å². The Morgan fingerprint density at radius 3 is 2.86 bits per heavy atom. The molecule has 0 unspecified atom stereocenters. The molecule has 0 saturated carbocycles. The van der Waals surface area contributed by atoms with E-state index in [4.69, 9.17) is 5.11 Å². The minimum atomic E-state index is -0.491. The van der Waals surface area contributed by atoms with Crippen molar-refractivity contribution in [2.75, 3.05) is 6.61 Å². The van der Waals surface area contributed by atoms with E-state index in [9.17, 15) is 4.79 Å². The topological polar surface area (TPSA) is 81.8 Å². The van der Waals surface area contributed by atoms with Crippen LogP contribution in [0.15, 0.2) is 48.7 Å². The molecular weight excluding hydrogens is 278 g/mol. The van der Waals surface area contributed by atoms with Gasteiger partial charge < -0.3 is 15.1 Å². The first kappa shape index (κ1) is 12.8. The predicted octanol–water partition coefficient (Wildman–Crippen LogP) is 2.89. The Morgan fingerprint density at radius 1 is 1.14 bits per heavy atom. The van der Waals surface area contributed by atoms with Crippen LogP contribution in [0, 0.1) is 0 Å². The highest BCUT2D eigenvalue weighted by Gasteiger charge is 2.12. The molecule has 0 amide bonds. The summed E-state index contributed by atoms with van der Waals surface area (Å²) in [4.78, 5) is 22.6. The number of H-pyrrole nitrogens is 2. The van der Waals surface area contributed by atoms with E-state index >= 15 is 0 Å². The molecule has 0 fully saturated rings. The van der Waals surface area contributed by atoms with E-state index in [1.807, 2.05) is 30.5 Å². The van der Waals surface area contributed by atoms with Crippen molar-refractivity contribution in [1.82, 2.24) is 15.0 Å². The smallest absolute Gasteiger partial charge is 0.188 e. The molecule has 3 N–H and O–H groups in total. The number of aromatic amines is 2. The summed E-state index contributed by atoms with van der Waals surface area (Å²) in [5.74, 6) is 0.450. The van der Waals surface area contributed by atoms with Crippen molar-refractivity contribution in [3.63, 3.8) is 0 Å². The van der Waals surface area contributed by atoms with Gasteiger partial charge in [0.1, 0.15) is 12.4 Å². The second-order valence-electron chi connectivity index (χ2n) is 5.15. The number of nitrogens with zero attached hydrogens (tertiary/aromatic N) is 1. The molecule has 5 heteroatoms. The molecule has 2 heterocycles. The first-order valence-electron chi connectivity index (χ1n) is 6.96. The number of rotatable bonds is 3. The lowest BCUT2D eigenvalue weighted by Gasteiger charge is -1.96. The molecule has 22 heavy (non-hydrogen) atoms. The zero-order valence-electron chi connectivity index (χ0n) is 11.6. The van der Waals surface area contributed by atoms with Crippen molar-refractivity contribution in [3.05, 3.63) is 54.2 Å². The van der Waals surface area contributed by atoms with Gasteiger partial charge in [-0.2, -0.15) is 0 Å². The molecule has 4 aromatic rings. The van der Waals surface area contributed by atoms with Gasteiger partial charge in [-0.3, -0.25) is 4.79 Å². The Morgan fingerprint density at radius 2 is 2.00 bits per heavy atom.